The molecule has 0 unspecified atom stereocenters. The maximum atomic E-state index is 5.60. The van der Waals surface area contributed by atoms with E-state index in [1.54, 1.807) is 7.11 Å². The molecule has 2 rings (SSSR count). The van der Waals surface area contributed by atoms with E-state index in [1.165, 1.54) is 0 Å². The number of rotatable bonds is 4. The van der Waals surface area contributed by atoms with E-state index in [1.807, 2.05) is 12.1 Å². The molecule has 1 aromatic rings. The SMILES string of the molecule is COC1CCN(Cc2cccc(CN)n2)CC1. The van der Waals surface area contributed by atoms with Crippen LogP contribution in [0, 0.1) is 0 Å². The largest absolute Gasteiger partial charge is 0.381 e. The fraction of sp³-hybridized carbons (Fsp3) is 0.615. The summed E-state index contributed by atoms with van der Waals surface area (Å²) >= 11 is 0. The van der Waals surface area contributed by atoms with Crippen LogP contribution in [-0.4, -0.2) is 36.2 Å². The Morgan fingerprint density at radius 2 is 2.06 bits per heavy atom. The number of hydrogen-bond acceptors (Lipinski definition) is 4. The molecule has 1 aromatic heterocycles. The number of nitrogens with zero attached hydrogens (tertiary/aromatic N) is 2. The lowest BCUT2D eigenvalue weighted by Crippen LogP contribution is -2.36. The first kappa shape index (κ1) is 12.5. The van der Waals surface area contributed by atoms with Gasteiger partial charge in [0.15, 0.2) is 0 Å². The maximum Gasteiger partial charge on any atom is 0.0595 e. The molecule has 4 nitrogen and oxygen atoms in total. The van der Waals surface area contributed by atoms with Gasteiger partial charge in [0.25, 0.3) is 0 Å². The summed E-state index contributed by atoms with van der Waals surface area (Å²) in [6.07, 6.45) is 2.68. The highest BCUT2D eigenvalue weighted by Gasteiger charge is 2.18. The lowest BCUT2D eigenvalue weighted by molar-refractivity contribution is 0.0385. The van der Waals surface area contributed by atoms with Crippen molar-refractivity contribution in [2.45, 2.75) is 32.0 Å². The van der Waals surface area contributed by atoms with Crippen molar-refractivity contribution in [1.29, 1.82) is 0 Å². The quantitative estimate of drug-likeness (QED) is 0.850. The number of ether oxygens (including phenoxy) is 1. The zero-order valence-electron chi connectivity index (χ0n) is 10.4. The smallest absolute Gasteiger partial charge is 0.0595 e. The fourth-order valence-electron chi connectivity index (χ4n) is 2.26. The van der Waals surface area contributed by atoms with Crippen LogP contribution < -0.4 is 5.73 Å². The molecule has 2 heterocycles. The van der Waals surface area contributed by atoms with Crippen molar-refractivity contribution in [3.63, 3.8) is 0 Å². The second kappa shape index (κ2) is 6.10. The Kier molecular flexibility index (Phi) is 4.48. The average Bonchev–Trinajstić information content (AvgIpc) is 2.40. The highest BCUT2D eigenvalue weighted by Crippen LogP contribution is 2.14. The van der Waals surface area contributed by atoms with Gasteiger partial charge in [-0.3, -0.25) is 9.88 Å². The third-order valence-corrected chi connectivity index (χ3v) is 3.33. The number of piperidine rings is 1. The topological polar surface area (TPSA) is 51.4 Å². The molecule has 1 fully saturated rings. The van der Waals surface area contributed by atoms with Crippen molar-refractivity contribution >= 4 is 0 Å². The first-order valence-electron chi connectivity index (χ1n) is 6.22. The lowest BCUT2D eigenvalue weighted by atomic mass is 10.1. The zero-order chi connectivity index (χ0) is 12.1. The van der Waals surface area contributed by atoms with Crippen LogP contribution in [0.25, 0.3) is 0 Å². The maximum absolute atomic E-state index is 5.60. The van der Waals surface area contributed by atoms with Crippen LogP contribution in [0.15, 0.2) is 18.2 Å². The first-order valence-corrected chi connectivity index (χ1v) is 6.22. The monoisotopic (exact) mass is 235 g/mol. The molecular formula is C13H21N3O. The molecule has 0 aromatic carbocycles. The Labute approximate surface area is 103 Å². The van der Waals surface area contributed by atoms with Gasteiger partial charge in [0.1, 0.15) is 0 Å². The second-order valence-corrected chi connectivity index (χ2v) is 4.54. The van der Waals surface area contributed by atoms with Crippen molar-refractivity contribution in [2.75, 3.05) is 20.2 Å². The molecular weight excluding hydrogens is 214 g/mol. The molecule has 0 aliphatic carbocycles. The van der Waals surface area contributed by atoms with Crippen LogP contribution in [-0.2, 0) is 17.8 Å². The van der Waals surface area contributed by atoms with E-state index >= 15 is 0 Å². The summed E-state index contributed by atoms with van der Waals surface area (Å²) in [7, 11) is 1.80. The standard InChI is InChI=1S/C13H21N3O/c1-17-13-5-7-16(8-6-13)10-12-4-2-3-11(9-14)15-12/h2-4,13H,5-10,14H2,1H3. The number of aromatic nitrogens is 1. The minimum atomic E-state index is 0.439. The molecule has 17 heavy (non-hydrogen) atoms. The number of nitrogens with two attached hydrogens (primary N) is 1. The van der Waals surface area contributed by atoms with E-state index in [0.717, 1.165) is 43.9 Å². The molecule has 0 atom stereocenters. The van der Waals surface area contributed by atoms with E-state index in [9.17, 15) is 0 Å². The predicted octanol–water partition coefficient (Wildman–Crippen LogP) is 1.15. The highest BCUT2D eigenvalue weighted by molar-refractivity contribution is 5.11. The van der Waals surface area contributed by atoms with Crippen molar-refractivity contribution in [3.05, 3.63) is 29.6 Å². The molecule has 0 radical (unpaired) electrons. The fourth-order valence-corrected chi connectivity index (χ4v) is 2.26. The Hall–Kier alpha value is -0.970. The van der Waals surface area contributed by atoms with Crippen molar-refractivity contribution in [3.8, 4) is 0 Å². The Balaban J connectivity index is 1.88. The normalized spacial score (nSPS) is 18.5. The summed E-state index contributed by atoms with van der Waals surface area (Å²) in [5.41, 5.74) is 7.68. The van der Waals surface area contributed by atoms with Gasteiger partial charge in [-0.05, 0) is 25.0 Å². The van der Waals surface area contributed by atoms with Gasteiger partial charge in [-0.2, -0.15) is 0 Å². The van der Waals surface area contributed by atoms with Gasteiger partial charge in [-0.25, -0.2) is 0 Å². The van der Waals surface area contributed by atoms with Crippen LogP contribution in [0.3, 0.4) is 0 Å². The molecule has 94 valence electrons. The second-order valence-electron chi connectivity index (χ2n) is 4.54. The summed E-state index contributed by atoms with van der Waals surface area (Å²) in [4.78, 5) is 6.96. The van der Waals surface area contributed by atoms with Crippen molar-refractivity contribution < 1.29 is 4.74 Å². The van der Waals surface area contributed by atoms with E-state index in [2.05, 4.69) is 16.0 Å². The van der Waals surface area contributed by atoms with Gasteiger partial charge >= 0.3 is 0 Å². The van der Waals surface area contributed by atoms with E-state index in [-0.39, 0.29) is 0 Å². The summed E-state index contributed by atoms with van der Waals surface area (Å²) in [6, 6.07) is 6.08. The molecule has 0 bridgehead atoms. The number of hydrogen-bond donors (Lipinski definition) is 1. The minimum Gasteiger partial charge on any atom is -0.381 e. The third-order valence-electron chi connectivity index (χ3n) is 3.33. The summed E-state index contributed by atoms with van der Waals surface area (Å²) in [5, 5.41) is 0. The van der Waals surface area contributed by atoms with Crippen LogP contribution in [0.5, 0.6) is 0 Å². The third kappa shape index (κ3) is 3.49. The van der Waals surface area contributed by atoms with Crippen LogP contribution in [0.1, 0.15) is 24.2 Å². The van der Waals surface area contributed by atoms with Crippen molar-refractivity contribution in [1.82, 2.24) is 9.88 Å². The van der Waals surface area contributed by atoms with Crippen molar-refractivity contribution in [2.24, 2.45) is 5.73 Å². The Morgan fingerprint density at radius 3 is 2.71 bits per heavy atom. The summed E-state index contributed by atoms with van der Waals surface area (Å²) in [6.45, 7) is 3.62. The molecule has 1 aliphatic heterocycles. The Bertz CT molecular complexity index is 348. The predicted molar refractivity (Wildman–Crippen MR) is 67.4 cm³/mol. The molecule has 0 spiro atoms. The van der Waals surface area contributed by atoms with Gasteiger partial charge in [0.05, 0.1) is 17.5 Å². The van der Waals surface area contributed by atoms with Crippen LogP contribution in [0.2, 0.25) is 0 Å². The minimum absolute atomic E-state index is 0.439. The van der Waals surface area contributed by atoms with Gasteiger partial charge in [-0.1, -0.05) is 6.07 Å². The molecule has 1 aliphatic rings. The highest BCUT2D eigenvalue weighted by atomic mass is 16.5. The zero-order valence-corrected chi connectivity index (χ0v) is 10.4. The van der Waals surface area contributed by atoms with Crippen LogP contribution >= 0.6 is 0 Å². The molecule has 2 N–H and O–H groups in total. The number of likely N-dealkylation sites (tertiary alicyclic amines) is 1. The average molecular weight is 235 g/mol. The lowest BCUT2D eigenvalue weighted by Gasteiger charge is -2.30. The molecule has 4 heteroatoms. The molecule has 0 saturated carbocycles. The Morgan fingerprint density at radius 1 is 1.35 bits per heavy atom. The van der Waals surface area contributed by atoms with Gasteiger partial charge in [0, 0.05) is 33.3 Å². The van der Waals surface area contributed by atoms with E-state index in [0.29, 0.717) is 12.6 Å². The van der Waals surface area contributed by atoms with E-state index in [4.69, 9.17) is 10.5 Å². The van der Waals surface area contributed by atoms with Gasteiger partial charge in [0.2, 0.25) is 0 Å². The first-order chi connectivity index (χ1) is 8.31. The number of methoxy groups -OCH3 is 1. The molecule has 0 amide bonds. The van der Waals surface area contributed by atoms with Gasteiger partial charge < -0.3 is 10.5 Å². The molecule has 1 saturated heterocycles. The van der Waals surface area contributed by atoms with Crippen LogP contribution in [0.4, 0.5) is 0 Å². The van der Waals surface area contributed by atoms with Gasteiger partial charge in [-0.15, -0.1) is 0 Å². The summed E-state index contributed by atoms with van der Waals surface area (Å²) in [5.74, 6) is 0. The number of pyridine rings is 1. The summed E-state index contributed by atoms with van der Waals surface area (Å²) < 4.78 is 5.37. The van der Waals surface area contributed by atoms with E-state index < -0.39 is 0 Å².